The van der Waals surface area contributed by atoms with Crippen LogP contribution in [0.4, 0.5) is 0 Å². The third-order valence-electron chi connectivity index (χ3n) is 3.84. The van der Waals surface area contributed by atoms with E-state index in [0.717, 1.165) is 22.2 Å². The molecule has 5 nitrogen and oxygen atoms in total. The number of pyridine rings is 1. The molecule has 2 aromatic carbocycles. The molecule has 4 aromatic rings. The van der Waals surface area contributed by atoms with Crippen LogP contribution in [0.25, 0.3) is 22.1 Å². The topological polar surface area (TPSA) is 71.9 Å². The summed E-state index contributed by atoms with van der Waals surface area (Å²) in [5, 5.41) is 4.89. The van der Waals surface area contributed by atoms with E-state index in [0.29, 0.717) is 10.5 Å². The number of nitrogens with zero attached hydrogens (tertiary/aromatic N) is 2. The van der Waals surface area contributed by atoms with E-state index >= 15 is 0 Å². The third kappa shape index (κ3) is 2.30. The van der Waals surface area contributed by atoms with Crippen molar-refractivity contribution in [2.45, 2.75) is 6.92 Å². The van der Waals surface area contributed by atoms with E-state index in [-0.39, 0.29) is 11.0 Å². The van der Waals surface area contributed by atoms with Crippen molar-refractivity contribution in [3.63, 3.8) is 0 Å². The molecule has 0 atom stereocenters. The molecular weight excluding hydrogens is 314 g/mol. The molecule has 4 rings (SSSR count). The van der Waals surface area contributed by atoms with E-state index in [9.17, 15) is 4.79 Å². The Balaban J connectivity index is 0.00000156. The lowest BCUT2D eigenvalue weighted by molar-refractivity contribution is -0.555. The number of H-pyrrole nitrogens is 1. The Hall–Kier alpha value is -2.63. The van der Waals surface area contributed by atoms with Crippen LogP contribution in [0.15, 0.2) is 59.4 Å². The number of aromatic nitrogens is 3. The summed E-state index contributed by atoms with van der Waals surface area (Å²) in [6, 6.07) is 17.2. The number of halogens is 1. The number of rotatable bonds is 1. The van der Waals surface area contributed by atoms with E-state index < -0.39 is 0 Å². The Bertz CT molecular complexity index is 1070. The van der Waals surface area contributed by atoms with Gasteiger partial charge in [-0.3, -0.25) is 0 Å². The van der Waals surface area contributed by atoms with Crippen LogP contribution in [-0.2, 0) is 0 Å². The molecule has 23 heavy (non-hydrogen) atoms. The average Bonchev–Trinajstić information content (AvgIpc) is 2.87. The lowest BCUT2D eigenvalue weighted by Gasteiger charge is -1.97. The van der Waals surface area contributed by atoms with Crippen LogP contribution in [0.3, 0.4) is 0 Å². The van der Waals surface area contributed by atoms with Gasteiger partial charge in [0.1, 0.15) is 0 Å². The van der Waals surface area contributed by atoms with Gasteiger partial charge in [-0.1, -0.05) is 39.7 Å². The minimum absolute atomic E-state index is 0. The molecule has 0 fully saturated rings. The highest BCUT2D eigenvalue weighted by molar-refractivity contribution is 6.30. The maximum Gasteiger partial charge on any atom is 0.406 e. The molecule has 2 aromatic heterocycles. The second-order valence-electron chi connectivity index (χ2n) is 5.29. The van der Waals surface area contributed by atoms with Gasteiger partial charge in [-0.05, 0) is 43.3 Å². The van der Waals surface area contributed by atoms with E-state index in [1.807, 2.05) is 53.9 Å². The average molecular weight is 328 g/mol. The molecule has 0 aliphatic heterocycles. The van der Waals surface area contributed by atoms with Gasteiger partial charge < -0.3 is 5.48 Å². The maximum atomic E-state index is 12.8. The molecule has 0 saturated carbocycles. The van der Waals surface area contributed by atoms with Crippen LogP contribution in [0, 0.1) is 6.92 Å². The number of aryl methyl sites for hydroxylation is 1. The van der Waals surface area contributed by atoms with E-state index in [1.165, 1.54) is 4.68 Å². The first kappa shape index (κ1) is 15.3. The number of nitrogens with one attached hydrogen (secondary N) is 1. The van der Waals surface area contributed by atoms with Crippen molar-refractivity contribution >= 4 is 28.0 Å². The van der Waals surface area contributed by atoms with Gasteiger partial charge in [0.2, 0.25) is 5.52 Å². The van der Waals surface area contributed by atoms with Crippen LogP contribution >= 0.6 is 11.6 Å². The largest absolute Gasteiger partial charge is 0.870 e. The SMILES string of the molecule is Cc1cc2ccccc2[n+]2[nH]n(-c3ccc(Cl)cc3)c(=O)c12.[OH-]. The number of fused-ring (bicyclic) bond motifs is 3. The Kier molecular flexibility index (Phi) is 3.67. The van der Waals surface area contributed by atoms with Crippen molar-refractivity contribution in [3.05, 3.63) is 75.5 Å². The number of benzene rings is 2. The molecule has 0 amide bonds. The molecule has 0 bridgehead atoms. The molecule has 6 heteroatoms. The summed E-state index contributed by atoms with van der Waals surface area (Å²) in [5.74, 6) is 0. The fourth-order valence-corrected chi connectivity index (χ4v) is 2.92. The second kappa shape index (κ2) is 5.53. The highest BCUT2D eigenvalue weighted by atomic mass is 35.5. The van der Waals surface area contributed by atoms with Crippen molar-refractivity contribution in [2.75, 3.05) is 0 Å². The molecule has 2 heterocycles. The molecule has 0 spiro atoms. The van der Waals surface area contributed by atoms with E-state index in [1.54, 1.807) is 12.1 Å². The molecule has 0 aliphatic rings. The molecule has 0 aliphatic carbocycles. The van der Waals surface area contributed by atoms with Gasteiger partial charge in [0, 0.05) is 16.0 Å². The van der Waals surface area contributed by atoms with Gasteiger partial charge in [-0.25, -0.2) is 4.79 Å². The summed E-state index contributed by atoms with van der Waals surface area (Å²) < 4.78 is 3.37. The van der Waals surface area contributed by atoms with Crippen LogP contribution < -0.4 is 10.1 Å². The van der Waals surface area contributed by atoms with Gasteiger partial charge in [0.15, 0.2) is 11.2 Å². The zero-order chi connectivity index (χ0) is 15.3. The van der Waals surface area contributed by atoms with E-state index in [4.69, 9.17) is 11.6 Å². The highest BCUT2D eigenvalue weighted by Crippen LogP contribution is 2.15. The summed E-state index contributed by atoms with van der Waals surface area (Å²) >= 11 is 5.92. The summed E-state index contributed by atoms with van der Waals surface area (Å²) in [4.78, 5) is 12.8. The van der Waals surface area contributed by atoms with Gasteiger partial charge in [-0.15, -0.1) is 4.52 Å². The minimum atomic E-state index is -0.0782. The number of aromatic amines is 1. The van der Waals surface area contributed by atoms with Crippen molar-refractivity contribution in [2.24, 2.45) is 0 Å². The van der Waals surface area contributed by atoms with Crippen LogP contribution in [0.5, 0.6) is 0 Å². The summed E-state index contributed by atoms with van der Waals surface area (Å²) in [6.45, 7) is 1.95. The number of para-hydroxylation sites is 1. The van der Waals surface area contributed by atoms with Gasteiger partial charge in [-0.2, -0.15) is 0 Å². The number of hydrogen-bond donors (Lipinski definition) is 1. The van der Waals surface area contributed by atoms with Crippen LogP contribution in [0.1, 0.15) is 5.56 Å². The quantitative estimate of drug-likeness (QED) is 0.546. The highest BCUT2D eigenvalue weighted by Gasteiger charge is 2.21. The Labute approximate surface area is 136 Å². The predicted molar refractivity (Wildman–Crippen MR) is 88.7 cm³/mol. The fourth-order valence-electron chi connectivity index (χ4n) is 2.80. The summed E-state index contributed by atoms with van der Waals surface area (Å²) in [6.07, 6.45) is 0. The number of hydrogen-bond acceptors (Lipinski definition) is 2. The maximum absolute atomic E-state index is 12.8. The van der Waals surface area contributed by atoms with Crippen molar-refractivity contribution in [1.29, 1.82) is 0 Å². The Morgan fingerprint density at radius 1 is 1.09 bits per heavy atom. The normalized spacial score (nSPS) is 10.9. The zero-order valence-electron chi connectivity index (χ0n) is 12.3. The molecule has 0 saturated heterocycles. The summed E-state index contributed by atoms with van der Waals surface area (Å²) in [5.41, 5.74) is 3.22. The molecular formula is C17H14ClN3O2. The first-order valence-corrected chi connectivity index (χ1v) is 7.34. The standard InChI is InChI=1S/C17H12ClN3O.H2O/c1-11-10-12-4-2-3-5-15(12)21-16(11)17(22)20(19-21)14-8-6-13(18)7-9-14;/h2-10H,1H3;1H2. The van der Waals surface area contributed by atoms with Crippen LogP contribution in [-0.4, -0.2) is 15.4 Å². The Morgan fingerprint density at radius 2 is 1.78 bits per heavy atom. The predicted octanol–water partition coefficient (Wildman–Crippen LogP) is 2.84. The monoisotopic (exact) mass is 327 g/mol. The Morgan fingerprint density at radius 3 is 2.52 bits per heavy atom. The first-order valence-electron chi connectivity index (χ1n) is 6.96. The van der Waals surface area contributed by atoms with Gasteiger partial charge in [0.25, 0.3) is 0 Å². The van der Waals surface area contributed by atoms with Gasteiger partial charge in [0.05, 0.1) is 0 Å². The lowest BCUT2D eigenvalue weighted by atomic mass is 10.1. The van der Waals surface area contributed by atoms with Crippen LogP contribution in [0.2, 0.25) is 5.02 Å². The fraction of sp³-hybridized carbons (Fsp3) is 0.0588. The summed E-state index contributed by atoms with van der Waals surface area (Å²) in [7, 11) is 0. The second-order valence-corrected chi connectivity index (χ2v) is 5.72. The van der Waals surface area contributed by atoms with E-state index in [2.05, 4.69) is 5.21 Å². The van der Waals surface area contributed by atoms with Crippen molar-refractivity contribution < 1.29 is 9.99 Å². The molecule has 2 N–H and O–H groups in total. The molecule has 0 unspecified atom stereocenters. The third-order valence-corrected chi connectivity index (χ3v) is 4.09. The van der Waals surface area contributed by atoms with Crippen molar-refractivity contribution in [1.82, 2.24) is 9.90 Å². The molecule has 116 valence electrons. The molecule has 0 radical (unpaired) electrons. The lowest BCUT2D eigenvalue weighted by Crippen LogP contribution is -2.26. The van der Waals surface area contributed by atoms with Gasteiger partial charge >= 0.3 is 5.56 Å². The first-order chi connectivity index (χ1) is 10.6. The minimum Gasteiger partial charge on any atom is -0.870 e. The zero-order valence-corrected chi connectivity index (χ0v) is 13.1. The van der Waals surface area contributed by atoms with Crippen molar-refractivity contribution in [3.8, 4) is 5.69 Å². The smallest absolute Gasteiger partial charge is 0.406 e.